The molecule has 0 saturated heterocycles. The van der Waals surface area contributed by atoms with Crippen LogP contribution in [-0.2, 0) is 9.47 Å². The first kappa shape index (κ1) is 15.9. The number of ether oxygens (including phenoxy) is 2. The molecule has 0 heterocycles. The molecule has 0 spiro atoms. The van der Waals surface area contributed by atoms with E-state index in [0.717, 1.165) is 25.7 Å². The quantitative estimate of drug-likeness (QED) is 0.725. The van der Waals surface area contributed by atoms with Gasteiger partial charge < -0.3 is 14.8 Å². The van der Waals surface area contributed by atoms with Crippen LogP contribution in [0.1, 0.15) is 52.9 Å². The Kier molecular flexibility index (Phi) is 7.20. The summed E-state index contributed by atoms with van der Waals surface area (Å²) < 4.78 is 11.5. The summed E-state index contributed by atoms with van der Waals surface area (Å²) in [6.45, 7) is 8.96. The van der Waals surface area contributed by atoms with Gasteiger partial charge in [0.2, 0.25) is 0 Å². The highest BCUT2D eigenvalue weighted by Gasteiger charge is 2.29. The van der Waals surface area contributed by atoms with Gasteiger partial charge in [-0.05, 0) is 39.2 Å². The van der Waals surface area contributed by atoms with Gasteiger partial charge in [0.05, 0.1) is 18.2 Å². The molecule has 1 N–H and O–H groups in total. The van der Waals surface area contributed by atoms with Gasteiger partial charge in [0.15, 0.2) is 0 Å². The molecule has 3 nitrogen and oxygen atoms in total. The molecule has 0 aromatic heterocycles. The summed E-state index contributed by atoms with van der Waals surface area (Å²) >= 11 is 0. The summed E-state index contributed by atoms with van der Waals surface area (Å²) in [7, 11) is 1.77. The predicted octanol–water partition coefficient (Wildman–Crippen LogP) is 2.99. The molecule has 1 aliphatic carbocycles. The minimum absolute atomic E-state index is 0.178. The van der Waals surface area contributed by atoms with Crippen LogP contribution in [0.4, 0.5) is 0 Å². The number of hydrogen-bond donors (Lipinski definition) is 1. The zero-order valence-electron chi connectivity index (χ0n) is 12.6. The largest absolute Gasteiger partial charge is 0.379 e. The first-order valence-electron chi connectivity index (χ1n) is 7.46. The van der Waals surface area contributed by atoms with Crippen LogP contribution >= 0.6 is 0 Å². The van der Waals surface area contributed by atoms with Crippen LogP contribution < -0.4 is 5.32 Å². The molecule has 1 rings (SSSR count). The fourth-order valence-corrected chi connectivity index (χ4v) is 2.60. The molecule has 0 radical (unpaired) electrons. The van der Waals surface area contributed by atoms with E-state index in [1.165, 1.54) is 32.1 Å². The summed E-state index contributed by atoms with van der Waals surface area (Å²) in [5, 5.41) is 3.46. The smallest absolute Gasteiger partial charge is 0.0797 e. The normalized spacial score (nSPS) is 20.0. The van der Waals surface area contributed by atoms with E-state index < -0.39 is 0 Å². The lowest BCUT2D eigenvalue weighted by molar-refractivity contribution is -0.0435. The molecule has 0 bridgehead atoms. The molecule has 0 aromatic rings. The van der Waals surface area contributed by atoms with Gasteiger partial charge in [-0.3, -0.25) is 0 Å². The van der Waals surface area contributed by atoms with E-state index >= 15 is 0 Å². The molecule has 1 fully saturated rings. The average Bonchev–Trinajstić information content (AvgIpc) is 2.39. The van der Waals surface area contributed by atoms with Gasteiger partial charge >= 0.3 is 0 Å². The molecule has 1 unspecified atom stereocenters. The second-order valence-corrected chi connectivity index (χ2v) is 5.96. The van der Waals surface area contributed by atoms with Crippen molar-refractivity contribution in [3.05, 3.63) is 0 Å². The van der Waals surface area contributed by atoms with Gasteiger partial charge in [-0.1, -0.05) is 26.2 Å². The van der Waals surface area contributed by atoms with E-state index in [0.29, 0.717) is 0 Å². The summed E-state index contributed by atoms with van der Waals surface area (Å²) in [5.74, 6) is 0.784. The third kappa shape index (κ3) is 5.25. The SMILES string of the molecule is CCNC(COCC1CCCCC1)C(C)(C)OC. The van der Waals surface area contributed by atoms with E-state index in [4.69, 9.17) is 9.47 Å². The van der Waals surface area contributed by atoms with Crippen LogP contribution in [0.5, 0.6) is 0 Å². The van der Waals surface area contributed by atoms with Crippen molar-refractivity contribution in [1.29, 1.82) is 0 Å². The molecule has 18 heavy (non-hydrogen) atoms. The Labute approximate surface area is 113 Å². The highest BCUT2D eigenvalue weighted by molar-refractivity contribution is 4.85. The van der Waals surface area contributed by atoms with Gasteiger partial charge in [0, 0.05) is 13.7 Å². The number of hydrogen-bond acceptors (Lipinski definition) is 3. The highest BCUT2D eigenvalue weighted by atomic mass is 16.5. The standard InChI is InChI=1S/C15H31NO2/c1-5-16-14(15(2,3)17-4)12-18-11-13-9-7-6-8-10-13/h13-14,16H,5-12H2,1-4H3. The second kappa shape index (κ2) is 8.13. The molecule has 108 valence electrons. The van der Waals surface area contributed by atoms with Crippen LogP contribution in [0, 0.1) is 5.92 Å². The predicted molar refractivity (Wildman–Crippen MR) is 75.9 cm³/mol. The van der Waals surface area contributed by atoms with Gasteiger partial charge in [-0.2, -0.15) is 0 Å². The zero-order chi connectivity index (χ0) is 13.4. The second-order valence-electron chi connectivity index (χ2n) is 5.96. The summed E-state index contributed by atoms with van der Waals surface area (Å²) in [4.78, 5) is 0. The number of nitrogens with one attached hydrogen (secondary N) is 1. The number of methoxy groups -OCH3 is 1. The van der Waals surface area contributed by atoms with Gasteiger partial charge in [-0.25, -0.2) is 0 Å². The van der Waals surface area contributed by atoms with Crippen molar-refractivity contribution in [2.45, 2.75) is 64.5 Å². The minimum atomic E-state index is -0.178. The topological polar surface area (TPSA) is 30.5 Å². The molecule has 0 aromatic carbocycles. The lowest BCUT2D eigenvalue weighted by atomic mass is 9.90. The molecular formula is C15H31NO2. The molecule has 1 atom stereocenters. The van der Waals surface area contributed by atoms with E-state index in [-0.39, 0.29) is 11.6 Å². The Morgan fingerprint density at radius 2 is 1.89 bits per heavy atom. The molecular weight excluding hydrogens is 226 g/mol. The summed E-state index contributed by atoms with van der Waals surface area (Å²) in [6, 6.07) is 0.260. The Hall–Kier alpha value is -0.120. The van der Waals surface area contributed by atoms with Crippen molar-refractivity contribution in [3.8, 4) is 0 Å². The third-order valence-electron chi connectivity index (χ3n) is 4.18. The lowest BCUT2D eigenvalue weighted by Crippen LogP contribution is -2.51. The molecule has 0 aliphatic heterocycles. The maximum absolute atomic E-state index is 5.93. The maximum atomic E-state index is 5.93. The zero-order valence-corrected chi connectivity index (χ0v) is 12.6. The van der Waals surface area contributed by atoms with Gasteiger partial charge in [0.1, 0.15) is 0 Å². The Bertz CT molecular complexity index is 213. The fraction of sp³-hybridized carbons (Fsp3) is 1.00. The van der Waals surface area contributed by atoms with Crippen LogP contribution in [0.2, 0.25) is 0 Å². The average molecular weight is 257 g/mol. The van der Waals surface area contributed by atoms with Gasteiger partial charge in [-0.15, -0.1) is 0 Å². The van der Waals surface area contributed by atoms with Crippen molar-refractivity contribution in [3.63, 3.8) is 0 Å². The molecule has 1 aliphatic rings. The van der Waals surface area contributed by atoms with Crippen molar-refractivity contribution >= 4 is 0 Å². The van der Waals surface area contributed by atoms with E-state index in [1.807, 2.05) is 0 Å². The van der Waals surface area contributed by atoms with Crippen molar-refractivity contribution in [2.75, 3.05) is 26.9 Å². The van der Waals surface area contributed by atoms with Crippen LogP contribution in [0.15, 0.2) is 0 Å². The number of rotatable bonds is 8. The maximum Gasteiger partial charge on any atom is 0.0797 e. The van der Waals surface area contributed by atoms with E-state index in [2.05, 4.69) is 26.1 Å². The lowest BCUT2D eigenvalue weighted by Gasteiger charge is -2.34. The summed E-state index contributed by atoms with van der Waals surface area (Å²) in [5.41, 5.74) is -0.178. The van der Waals surface area contributed by atoms with E-state index in [1.54, 1.807) is 7.11 Å². The molecule has 3 heteroatoms. The first-order chi connectivity index (χ1) is 8.60. The fourth-order valence-electron chi connectivity index (χ4n) is 2.60. The Balaban J connectivity index is 2.28. The molecule has 1 saturated carbocycles. The minimum Gasteiger partial charge on any atom is -0.379 e. The van der Waals surface area contributed by atoms with Crippen molar-refractivity contribution in [1.82, 2.24) is 5.32 Å². The van der Waals surface area contributed by atoms with Crippen LogP contribution in [0.25, 0.3) is 0 Å². The number of likely N-dealkylation sites (N-methyl/N-ethyl adjacent to an activating group) is 1. The first-order valence-corrected chi connectivity index (χ1v) is 7.46. The van der Waals surface area contributed by atoms with Crippen molar-refractivity contribution < 1.29 is 9.47 Å². The monoisotopic (exact) mass is 257 g/mol. The van der Waals surface area contributed by atoms with Crippen molar-refractivity contribution in [2.24, 2.45) is 5.92 Å². The van der Waals surface area contributed by atoms with E-state index in [9.17, 15) is 0 Å². The Morgan fingerprint density at radius 3 is 2.44 bits per heavy atom. The Morgan fingerprint density at radius 1 is 1.22 bits per heavy atom. The highest BCUT2D eigenvalue weighted by Crippen LogP contribution is 2.24. The van der Waals surface area contributed by atoms with Gasteiger partial charge in [0.25, 0.3) is 0 Å². The third-order valence-corrected chi connectivity index (χ3v) is 4.18. The summed E-state index contributed by atoms with van der Waals surface area (Å²) in [6.07, 6.45) is 6.87. The van der Waals surface area contributed by atoms with Crippen LogP contribution in [-0.4, -0.2) is 38.5 Å². The molecule has 0 amide bonds. The van der Waals surface area contributed by atoms with Crippen LogP contribution in [0.3, 0.4) is 0 Å².